The van der Waals surface area contributed by atoms with Crippen LogP contribution in [-0.2, 0) is 11.3 Å². The first-order valence-corrected chi connectivity index (χ1v) is 8.06. The Bertz CT molecular complexity index is 780. The summed E-state index contributed by atoms with van der Waals surface area (Å²) in [5.41, 5.74) is 6.65. The molecule has 0 aliphatic heterocycles. The molecule has 9 heteroatoms. The van der Waals surface area contributed by atoms with Crippen LogP contribution in [0.5, 0.6) is 5.75 Å². The van der Waals surface area contributed by atoms with Crippen LogP contribution in [0.3, 0.4) is 0 Å². The number of halogens is 3. The van der Waals surface area contributed by atoms with Crippen molar-refractivity contribution in [2.75, 3.05) is 11.9 Å². The molecule has 0 aliphatic rings. The van der Waals surface area contributed by atoms with Crippen LogP contribution in [0.25, 0.3) is 0 Å². The molecular formula is C18H19F3N4O2. The van der Waals surface area contributed by atoms with Crippen LogP contribution in [0.1, 0.15) is 12.0 Å². The molecule has 0 aliphatic carbocycles. The summed E-state index contributed by atoms with van der Waals surface area (Å²) in [4.78, 5) is 15.7. The van der Waals surface area contributed by atoms with Crippen molar-refractivity contribution in [1.29, 1.82) is 0 Å². The fourth-order valence-corrected chi connectivity index (χ4v) is 2.12. The van der Waals surface area contributed by atoms with Crippen molar-refractivity contribution in [3.8, 4) is 5.75 Å². The number of guanidine groups is 1. The van der Waals surface area contributed by atoms with Crippen LogP contribution in [0, 0.1) is 0 Å². The SMILES string of the molecule is NC(=NCCC(=O)NCc1ccccc1)Nc1ccccc1OC(F)(F)F. The first-order chi connectivity index (χ1) is 12.8. The average Bonchev–Trinajstić information content (AvgIpc) is 2.61. The minimum atomic E-state index is -4.82. The molecule has 0 unspecified atom stereocenters. The number of rotatable bonds is 7. The lowest BCUT2D eigenvalue weighted by Crippen LogP contribution is -2.26. The Kier molecular flexibility index (Phi) is 7.04. The van der Waals surface area contributed by atoms with Crippen LogP contribution in [0.2, 0.25) is 0 Å². The highest BCUT2D eigenvalue weighted by Gasteiger charge is 2.32. The van der Waals surface area contributed by atoms with Crippen LogP contribution in [0.15, 0.2) is 59.6 Å². The molecule has 0 fully saturated rings. The summed E-state index contributed by atoms with van der Waals surface area (Å²) in [5, 5.41) is 5.28. The lowest BCUT2D eigenvalue weighted by molar-refractivity contribution is -0.274. The minimum absolute atomic E-state index is 0.0182. The summed E-state index contributed by atoms with van der Waals surface area (Å²) in [5.74, 6) is -0.760. The maximum Gasteiger partial charge on any atom is 0.573 e. The van der Waals surface area contributed by atoms with Crippen molar-refractivity contribution in [2.24, 2.45) is 10.7 Å². The maximum absolute atomic E-state index is 12.4. The summed E-state index contributed by atoms with van der Waals surface area (Å²) in [6.07, 6.45) is -4.73. The van der Waals surface area contributed by atoms with Crippen molar-refractivity contribution in [3.63, 3.8) is 0 Å². The van der Waals surface area contributed by atoms with Crippen LogP contribution in [-0.4, -0.2) is 24.8 Å². The van der Waals surface area contributed by atoms with Crippen molar-refractivity contribution < 1.29 is 22.7 Å². The van der Waals surface area contributed by atoms with Gasteiger partial charge in [0.15, 0.2) is 11.7 Å². The van der Waals surface area contributed by atoms with E-state index in [0.717, 1.165) is 11.6 Å². The van der Waals surface area contributed by atoms with E-state index < -0.39 is 12.1 Å². The number of nitrogens with one attached hydrogen (secondary N) is 2. The quantitative estimate of drug-likeness (QED) is 0.509. The van der Waals surface area contributed by atoms with E-state index in [4.69, 9.17) is 5.73 Å². The van der Waals surface area contributed by atoms with Gasteiger partial charge in [-0.15, -0.1) is 13.2 Å². The Morgan fingerprint density at radius 3 is 2.44 bits per heavy atom. The van der Waals surface area contributed by atoms with E-state index in [1.54, 1.807) is 0 Å². The molecule has 0 radical (unpaired) electrons. The van der Waals surface area contributed by atoms with E-state index >= 15 is 0 Å². The molecular weight excluding hydrogens is 361 g/mol. The van der Waals surface area contributed by atoms with Gasteiger partial charge in [0.2, 0.25) is 5.91 Å². The lowest BCUT2D eigenvalue weighted by atomic mass is 10.2. The predicted molar refractivity (Wildman–Crippen MR) is 96.1 cm³/mol. The first kappa shape index (κ1) is 20.1. The standard InChI is InChI=1S/C18H19F3N4O2/c19-18(20,21)27-15-9-5-4-8-14(15)25-17(22)23-11-10-16(26)24-12-13-6-2-1-3-7-13/h1-9H,10-12H2,(H,24,26)(H3,22,23,25). The molecule has 0 atom stereocenters. The number of benzene rings is 2. The summed E-state index contributed by atoms with van der Waals surface area (Å²) in [6, 6.07) is 14.9. The zero-order valence-corrected chi connectivity index (χ0v) is 14.3. The molecule has 2 aromatic carbocycles. The number of carbonyl (C=O) groups is 1. The van der Waals surface area contributed by atoms with Gasteiger partial charge in [-0.25, -0.2) is 0 Å². The van der Waals surface area contributed by atoms with Crippen molar-refractivity contribution in [2.45, 2.75) is 19.3 Å². The smallest absolute Gasteiger partial charge is 0.404 e. The van der Waals surface area contributed by atoms with Crippen molar-refractivity contribution in [1.82, 2.24) is 5.32 Å². The molecule has 2 aromatic rings. The van der Waals surface area contributed by atoms with Gasteiger partial charge in [-0.2, -0.15) is 0 Å². The van der Waals surface area contributed by atoms with E-state index in [-0.39, 0.29) is 30.5 Å². The second-order valence-electron chi connectivity index (χ2n) is 5.45. The summed E-state index contributed by atoms with van der Waals surface area (Å²) >= 11 is 0. The number of alkyl halides is 3. The predicted octanol–water partition coefficient (Wildman–Crippen LogP) is 3.02. The molecule has 0 aromatic heterocycles. The number of nitrogens with zero attached hydrogens (tertiary/aromatic N) is 1. The summed E-state index contributed by atoms with van der Waals surface area (Å²) < 4.78 is 41.1. The number of para-hydroxylation sites is 2. The number of anilines is 1. The highest BCUT2D eigenvalue weighted by Crippen LogP contribution is 2.29. The molecule has 0 heterocycles. The van der Waals surface area contributed by atoms with E-state index in [2.05, 4.69) is 20.4 Å². The van der Waals surface area contributed by atoms with Gasteiger partial charge in [0.1, 0.15) is 0 Å². The molecule has 0 spiro atoms. The number of hydrogen-bond acceptors (Lipinski definition) is 3. The number of amides is 1. The van der Waals surface area contributed by atoms with Gasteiger partial charge in [-0.05, 0) is 17.7 Å². The molecule has 4 N–H and O–H groups in total. The zero-order valence-electron chi connectivity index (χ0n) is 14.3. The Hall–Kier alpha value is -3.23. The zero-order chi connectivity index (χ0) is 19.7. The number of hydrogen-bond donors (Lipinski definition) is 3. The third kappa shape index (κ3) is 7.68. The topological polar surface area (TPSA) is 88.7 Å². The van der Waals surface area contributed by atoms with Gasteiger partial charge < -0.3 is 21.1 Å². The van der Waals surface area contributed by atoms with Crippen LogP contribution < -0.4 is 21.1 Å². The number of aliphatic imine (C=N–C) groups is 1. The number of carbonyl (C=O) groups excluding carboxylic acids is 1. The highest BCUT2D eigenvalue weighted by molar-refractivity contribution is 5.93. The van der Waals surface area contributed by atoms with Gasteiger partial charge in [0.25, 0.3) is 0 Å². The third-order valence-corrected chi connectivity index (χ3v) is 3.33. The fraction of sp³-hybridized carbons (Fsp3) is 0.222. The van der Waals surface area contributed by atoms with Gasteiger partial charge >= 0.3 is 6.36 Å². The monoisotopic (exact) mass is 380 g/mol. The minimum Gasteiger partial charge on any atom is -0.404 e. The Morgan fingerprint density at radius 2 is 1.74 bits per heavy atom. The van der Waals surface area contributed by atoms with Crippen LogP contribution in [0.4, 0.5) is 18.9 Å². The summed E-state index contributed by atoms with van der Waals surface area (Å²) in [6.45, 7) is 0.487. The lowest BCUT2D eigenvalue weighted by Gasteiger charge is -2.14. The fourth-order valence-electron chi connectivity index (χ4n) is 2.12. The number of nitrogens with two attached hydrogens (primary N) is 1. The molecule has 6 nitrogen and oxygen atoms in total. The maximum atomic E-state index is 12.4. The van der Waals surface area contributed by atoms with E-state index in [1.807, 2.05) is 30.3 Å². The third-order valence-electron chi connectivity index (χ3n) is 3.33. The molecule has 0 saturated carbocycles. The van der Waals surface area contributed by atoms with E-state index in [9.17, 15) is 18.0 Å². The Labute approximate surface area is 154 Å². The van der Waals surface area contributed by atoms with E-state index in [1.165, 1.54) is 18.2 Å². The molecule has 27 heavy (non-hydrogen) atoms. The second kappa shape index (κ2) is 9.46. The Morgan fingerprint density at radius 1 is 1.07 bits per heavy atom. The Balaban J connectivity index is 1.81. The highest BCUT2D eigenvalue weighted by atomic mass is 19.4. The largest absolute Gasteiger partial charge is 0.573 e. The van der Waals surface area contributed by atoms with E-state index in [0.29, 0.717) is 6.54 Å². The van der Waals surface area contributed by atoms with Crippen molar-refractivity contribution in [3.05, 3.63) is 60.2 Å². The van der Waals surface area contributed by atoms with Gasteiger partial charge in [0.05, 0.1) is 12.2 Å². The molecule has 144 valence electrons. The summed E-state index contributed by atoms with van der Waals surface area (Å²) in [7, 11) is 0. The van der Waals surface area contributed by atoms with Crippen molar-refractivity contribution >= 4 is 17.6 Å². The van der Waals surface area contributed by atoms with Gasteiger partial charge in [0, 0.05) is 13.0 Å². The number of ether oxygens (including phenoxy) is 1. The first-order valence-electron chi connectivity index (χ1n) is 8.06. The molecule has 2 rings (SSSR count). The molecule has 0 bridgehead atoms. The average molecular weight is 380 g/mol. The van der Waals surface area contributed by atoms with Crippen LogP contribution >= 0.6 is 0 Å². The molecule has 0 saturated heterocycles. The van der Waals surface area contributed by atoms with Gasteiger partial charge in [-0.1, -0.05) is 42.5 Å². The second-order valence-corrected chi connectivity index (χ2v) is 5.45. The molecule has 1 amide bonds. The normalized spacial score (nSPS) is 11.7. The van der Waals surface area contributed by atoms with Gasteiger partial charge in [-0.3, -0.25) is 9.79 Å².